The van der Waals surface area contributed by atoms with Crippen LogP contribution in [0.3, 0.4) is 0 Å². The Kier molecular flexibility index (Phi) is 3.61. The molecule has 7 heteroatoms. The Morgan fingerprint density at radius 1 is 1.56 bits per heavy atom. The molecule has 0 aliphatic heterocycles. The normalized spacial score (nSPS) is 10.3. The van der Waals surface area contributed by atoms with Crippen LogP contribution in [-0.2, 0) is 6.42 Å². The van der Waals surface area contributed by atoms with Crippen LogP contribution < -0.4 is 11.1 Å². The average Bonchev–Trinajstić information content (AvgIpc) is 2.73. The molecule has 0 saturated heterocycles. The van der Waals surface area contributed by atoms with Crippen LogP contribution >= 0.6 is 15.9 Å². The smallest absolute Gasteiger partial charge is 0.279 e. The number of rotatable bonds is 3. The monoisotopic (exact) mass is 309 g/mol. The molecule has 0 bridgehead atoms. The number of carbonyl (C=O) groups excluding carboxylic acids is 1. The summed E-state index contributed by atoms with van der Waals surface area (Å²) in [6.07, 6.45) is 2.30. The lowest BCUT2D eigenvalue weighted by Crippen LogP contribution is -2.15. The molecule has 4 N–H and O–H groups in total. The van der Waals surface area contributed by atoms with Crippen LogP contribution in [-0.4, -0.2) is 21.1 Å². The van der Waals surface area contributed by atoms with E-state index in [4.69, 9.17) is 5.73 Å². The van der Waals surface area contributed by atoms with Gasteiger partial charge in [-0.25, -0.2) is 4.98 Å². The maximum atomic E-state index is 11.9. The van der Waals surface area contributed by atoms with Gasteiger partial charge in [-0.05, 0) is 34.5 Å². The highest BCUT2D eigenvalue weighted by Gasteiger charge is 2.16. The first-order chi connectivity index (χ1) is 8.61. The van der Waals surface area contributed by atoms with Gasteiger partial charge in [0.1, 0.15) is 5.82 Å². The van der Waals surface area contributed by atoms with E-state index >= 15 is 0 Å². The van der Waals surface area contributed by atoms with E-state index in [2.05, 4.69) is 36.4 Å². The Hall–Kier alpha value is -1.89. The van der Waals surface area contributed by atoms with E-state index in [0.717, 1.165) is 10.2 Å². The zero-order valence-electron chi connectivity index (χ0n) is 9.70. The first-order valence-corrected chi connectivity index (χ1v) is 6.16. The first kappa shape index (κ1) is 12.6. The van der Waals surface area contributed by atoms with Crippen molar-refractivity contribution in [1.29, 1.82) is 0 Å². The van der Waals surface area contributed by atoms with Gasteiger partial charge in [0.15, 0.2) is 5.69 Å². The van der Waals surface area contributed by atoms with Gasteiger partial charge in [-0.3, -0.25) is 9.89 Å². The molecule has 94 valence electrons. The van der Waals surface area contributed by atoms with E-state index in [1.165, 1.54) is 0 Å². The maximum absolute atomic E-state index is 11.9. The van der Waals surface area contributed by atoms with E-state index in [0.29, 0.717) is 17.9 Å². The fourth-order valence-corrected chi connectivity index (χ4v) is 1.69. The molecule has 1 amide bonds. The van der Waals surface area contributed by atoms with Gasteiger partial charge in [-0.15, -0.1) is 0 Å². The van der Waals surface area contributed by atoms with Crippen LogP contribution in [0.1, 0.15) is 23.1 Å². The summed E-state index contributed by atoms with van der Waals surface area (Å²) in [5, 5.41) is 9.27. The van der Waals surface area contributed by atoms with Crippen LogP contribution in [0.15, 0.2) is 22.8 Å². The number of halogens is 1. The molecule has 0 saturated carbocycles. The molecule has 6 nitrogen and oxygen atoms in total. The number of nitrogens with one attached hydrogen (secondary N) is 2. The number of carbonyl (C=O) groups is 1. The van der Waals surface area contributed by atoms with Gasteiger partial charge in [0.05, 0.1) is 11.4 Å². The van der Waals surface area contributed by atoms with Gasteiger partial charge in [0, 0.05) is 10.7 Å². The molecule has 0 fully saturated rings. The minimum Gasteiger partial charge on any atom is -0.395 e. The molecule has 0 unspecified atom stereocenters. The Morgan fingerprint density at radius 3 is 2.89 bits per heavy atom. The lowest BCUT2D eigenvalue weighted by atomic mass is 10.2. The maximum Gasteiger partial charge on any atom is 0.279 e. The average molecular weight is 310 g/mol. The van der Waals surface area contributed by atoms with Gasteiger partial charge in [-0.2, -0.15) is 5.10 Å². The zero-order chi connectivity index (χ0) is 13.1. The van der Waals surface area contributed by atoms with Crippen molar-refractivity contribution < 1.29 is 4.79 Å². The molecule has 0 atom stereocenters. The van der Waals surface area contributed by atoms with E-state index in [1.54, 1.807) is 18.3 Å². The minimum atomic E-state index is -0.377. The number of anilines is 2. The lowest BCUT2D eigenvalue weighted by Gasteiger charge is -2.02. The molecule has 2 aromatic heterocycles. The Balaban J connectivity index is 2.16. The van der Waals surface area contributed by atoms with Crippen molar-refractivity contribution >= 4 is 33.3 Å². The van der Waals surface area contributed by atoms with Crippen molar-refractivity contribution in [3.63, 3.8) is 0 Å². The summed E-state index contributed by atoms with van der Waals surface area (Å²) in [6.45, 7) is 1.93. The summed E-state index contributed by atoms with van der Waals surface area (Å²) in [5.41, 5.74) is 7.14. The number of amides is 1. The number of pyridine rings is 1. The molecule has 0 radical (unpaired) electrons. The number of nitrogens with two attached hydrogens (primary N) is 1. The fraction of sp³-hybridized carbons (Fsp3) is 0.182. The molecule has 2 aromatic rings. The van der Waals surface area contributed by atoms with Gasteiger partial charge in [0.25, 0.3) is 5.91 Å². The second-order valence-corrected chi connectivity index (χ2v) is 4.55. The van der Waals surface area contributed by atoms with Gasteiger partial charge in [-0.1, -0.05) is 6.92 Å². The molecule has 2 rings (SSSR count). The van der Waals surface area contributed by atoms with Crippen molar-refractivity contribution in [3.05, 3.63) is 34.2 Å². The lowest BCUT2D eigenvalue weighted by molar-refractivity contribution is 0.102. The standard InChI is InChI=1S/C11H12BrN5O/c1-2-7-9(13)10(17-16-7)11(18)15-8-4-3-6(12)5-14-8/h3-5H,2,13H2,1H3,(H,16,17)(H,14,15,18). The van der Waals surface area contributed by atoms with Crippen molar-refractivity contribution in [2.24, 2.45) is 0 Å². The predicted molar refractivity (Wildman–Crippen MR) is 72.3 cm³/mol. The summed E-state index contributed by atoms with van der Waals surface area (Å²) in [4.78, 5) is 16.0. The van der Waals surface area contributed by atoms with Gasteiger partial charge in [0.2, 0.25) is 0 Å². The van der Waals surface area contributed by atoms with E-state index in [9.17, 15) is 4.79 Å². The molecule has 0 aliphatic carbocycles. The predicted octanol–water partition coefficient (Wildman–Crippen LogP) is 1.96. The van der Waals surface area contributed by atoms with E-state index in [-0.39, 0.29) is 11.6 Å². The van der Waals surface area contributed by atoms with Crippen LogP contribution in [0.5, 0.6) is 0 Å². The Labute approximate surface area is 112 Å². The van der Waals surface area contributed by atoms with Gasteiger partial charge >= 0.3 is 0 Å². The zero-order valence-corrected chi connectivity index (χ0v) is 11.3. The third kappa shape index (κ3) is 2.51. The number of aromatic amines is 1. The highest BCUT2D eigenvalue weighted by Crippen LogP contribution is 2.16. The largest absolute Gasteiger partial charge is 0.395 e. The van der Waals surface area contributed by atoms with E-state index < -0.39 is 0 Å². The van der Waals surface area contributed by atoms with Gasteiger partial charge < -0.3 is 11.1 Å². The quantitative estimate of drug-likeness (QED) is 0.807. The summed E-state index contributed by atoms with van der Waals surface area (Å²) >= 11 is 3.27. The summed E-state index contributed by atoms with van der Waals surface area (Å²) < 4.78 is 0.841. The highest BCUT2D eigenvalue weighted by molar-refractivity contribution is 9.10. The topological polar surface area (TPSA) is 96.7 Å². The number of H-pyrrole nitrogens is 1. The molecule has 0 spiro atoms. The third-order valence-electron chi connectivity index (χ3n) is 2.42. The minimum absolute atomic E-state index is 0.191. The molecule has 2 heterocycles. The third-order valence-corrected chi connectivity index (χ3v) is 2.89. The molecule has 0 aliphatic rings. The second kappa shape index (κ2) is 5.18. The van der Waals surface area contributed by atoms with Crippen molar-refractivity contribution in [2.45, 2.75) is 13.3 Å². The molecule has 0 aromatic carbocycles. The molecular weight excluding hydrogens is 298 g/mol. The number of nitrogens with zero attached hydrogens (tertiary/aromatic N) is 2. The van der Waals surface area contributed by atoms with Crippen LogP contribution in [0, 0.1) is 0 Å². The molecular formula is C11H12BrN5O. The summed E-state index contributed by atoms with van der Waals surface area (Å²) in [6, 6.07) is 3.47. The summed E-state index contributed by atoms with van der Waals surface area (Å²) in [7, 11) is 0. The fourth-order valence-electron chi connectivity index (χ4n) is 1.45. The van der Waals surface area contributed by atoms with Crippen molar-refractivity contribution in [2.75, 3.05) is 11.1 Å². The van der Waals surface area contributed by atoms with Crippen molar-refractivity contribution in [3.8, 4) is 0 Å². The van der Waals surface area contributed by atoms with Crippen LogP contribution in [0.25, 0.3) is 0 Å². The number of nitrogen functional groups attached to an aromatic ring is 1. The Bertz CT molecular complexity index is 563. The number of hydrogen-bond acceptors (Lipinski definition) is 4. The Morgan fingerprint density at radius 2 is 2.33 bits per heavy atom. The van der Waals surface area contributed by atoms with Crippen LogP contribution in [0.2, 0.25) is 0 Å². The molecule has 18 heavy (non-hydrogen) atoms. The first-order valence-electron chi connectivity index (χ1n) is 5.37. The van der Waals surface area contributed by atoms with E-state index in [1.807, 2.05) is 6.92 Å². The SMILES string of the molecule is CCc1[nH]nc(C(=O)Nc2ccc(Br)cn2)c1N. The number of hydrogen-bond donors (Lipinski definition) is 3. The number of aromatic nitrogens is 3. The van der Waals surface area contributed by atoms with Crippen molar-refractivity contribution in [1.82, 2.24) is 15.2 Å². The highest BCUT2D eigenvalue weighted by atomic mass is 79.9. The number of aryl methyl sites for hydroxylation is 1. The second-order valence-electron chi connectivity index (χ2n) is 3.63. The summed E-state index contributed by atoms with van der Waals surface area (Å²) in [5.74, 6) is 0.0712. The van der Waals surface area contributed by atoms with Crippen LogP contribution in [0.4, 0.5) is 11.5 Å².